The Kier molecular flexibility index (Phi) is 3.94. The van der Waals surface area contributed by atoms with E-state index in [-0.39, 0.29) is 12.5 Å². The average Bonchev–Trinajstić information content (AvgIpc) is 3.21. The van der Waals surface area contributed by atoms with Crippen LogP contribution in [-0.4, -0.2) is 35.8 Å². The molecule has 5 rings (SSSR count). The Hall–Kier alpha value is -3.22. The summed E-state index contributed by atoms with van der Waals surface area (Å²) in [6.45, 7) is 0.0808. The van der Waals surface area contributed by atoms with E-state index in [1.165, 1.54) is 17.0 Å². The van der Waals surface area contributed by atoms with Crippen LogP contribution < -0.4 is 10.2 Å². The number of hydrogen-bond acceptors (Lipinski definition) is 3. The third-order valence-electron chi connectivity index (χ3n) is 6.18. The van der Waals surface area contributed by atoms with Gasteiger partial charge in [0.25, 0.3) is 5.91 Å². The zero-order chi connectivity index (χ0) is 20.2. The zero-order valence-corrected chi connectivity index (χ0v) is 15.8. The molecule has 1 spiro atoms. The molecule has 1 N–H and O–H groups in total. The number of carbonyl (C=O) groups excluding carboxylic acids is 3. The van der Waals surface area contributed by atoms with Gasteiger partial charge in [-0.2, -0.15) is 0 Å². The lowest BCUT2D eigenvalue weighted by Crippen LogP contribution is -2.46. The summed E-state index contributed by atoms with van der Waals surface area (Å²) in [5.74, 6) is -1.19. The number of urea groups is 1. The second-order valence-corrected chi connectivity index (χ2v) is 7.81. The number of rotatable bonds is 2. The van der Waals surface area contributed by atoms with Crippen LogP contribution in [0.5, 0.6) is 0 Å². The first-order chi connectivity index (χ1) is 14.0. The number of fused-ring (bicyclic) bond motifs is 3. The second-order valence-electron chi connectivity index (χ2n) is 7.81. The molecule has 1 saturated heterocycles. The third-order valence-corrected chi connectivity index (χ3v) is 6.18. The normalized spacial score (nSPS) is 22.7. The lowest BCUT2D eigenvalue weighted by atomic mass is 9.92. The van der Waals surface area contributed by atoms with Crippen molar-refractivity contribution in [1.29, 1.82) is 0 Å². The van der Waals surface area contributed by atoms with E-state index in [1.807, 2.05) is 24.3 Å². The summed E-state index contributed by atoms with van der Waals surface area (Å²) in [4.78, 5) is 41.3. The van der Waals surface area contributed by atoms with Crippen molar-refractivity contribution in [2.45, 2.75) is 31.2 Å². The van der Waals surface area contributed by atoms with Gasteiger partial charge in [-0.3, -0.25) is 14.5 Å². The van der Waals surface area contributed by atoms with Gasteiger partial charge in [0.2, 0.25) is 5.91 Å². The van der Waals surface area contributed by atoms with Crippen molar-refractivity contribution in [3.05, 3.63) is 65.0 Å². The first-order valence-corrected chi connectivity index (χ1v) is 9.81. The van der Waals surface area contributed by atoms with Gasteiger partial charge in [-0.1, -0.05) is 30.3 Å². The maximum absolute atomic E-state index is 13.7. The molecular weight excluding hydrogens is 373 g/mol. The van der Waals surface area contributed by atoms with Gasteiger partial charge in [0.05, 0.1) is 0 Å². The maximum Gasteiger partial charge on any atom is 0.325 e. The van der Waals surface area contributed by atoms with E-state index in [9.17, 15) is 18.8 Å². The van der Waals surface area contributed by atoms with Gasteiger partial charge in [0.15, 0.2) is 0 Å². The molecule has 3 aliphatic rings. The molecule has 148 valence electrons. The van der Waals surface area contributed by atoms with Crippen molar-refractivity contribution in [3.8, 4) is 0 Å². The average molecular weight is 393 g/mol. The molecule has 2 aromatic carbocycles. The molecule has 7 heteroatoms. The topological polar surface area (TPSA) is 69.7 Å². The van der Waals surface area contributed by atoms with Crippen LogP contribution in [0.15, 0.2) is 42.5 Å². The summed E-state index contributed by atoms with van der Waals surface area (Å²) in [5.41, 5.74) is 2.17. The molecular formula is C22H20FN3O3. The highest BCUT2D eigenvalue weighted by atomic mass is 19.1. The Labute approximate surface area is 167 Å². The van der Waals surface area contributed by atoms with Crippen molar-refractivity contribution in [2.75, 3.05) is 18.0 Å². The zero-order valence-electron chi connectivity index (χ0n) is 15.8. The molecule has 4 amide bonds. The lowest BCUT2D eigenvalue weighted by Gasteiger charge is -2.30. The largest absolute Gasteiger partial charge is 0.325 e. The van der Waals surface area contributed by atoms with Crippen LogP contribution in [0.2, 0.25) is 0 Å². The first-order valence-electron chi connectivity index (χ1n) is 9.81. The summed E-state index contributed by atoms with van der Waals surface area (Å²) in [6, 6.07) is 11.4. The number of carbonyl (C=O) groups is 3. The van der Waals surface area contributed by atoms with Gasteiger partial charge in [0, 0.05) is 12.2 Å². The molecule has 0 aromatic heterocycles. The monoisotopic (exact) mass is 393 g/mol. The highest BCUT2D eigenvalue weighted by Gasteiger charge is 2.55. The predicted molar refractivity (Wildman–Crippen MR) is 104 cm³/mol. The second kappa shape index (κ2) is 6.40. The first kappa shape index (κ1) is 17.8. The highest BCUT2D eigenvalue weighted by molar-refractivity contribution is 6.11. The number of anilines is 1. The van der Waals surface area contributed by atoms with E-state index in [0.29, 0.717) is 25.1 Å². The fourth-order valence-corrected chi connectivity index (χ4v) is 4.76. The Morgan fingerprint density at radius 2 is 1.93 bits per heavy atom. The molecule has 1 atom stereocenters. The van der Waals surface area contributed by atoms with Crippen LogP contribution in [-0.2, 0) is 28.0 Å². The van der Waals surface area contributed by atoms with E-state index < -0.39 is 23.3 Å². The Balaban J connectivity index is 1.41. The maximum atomic E-state index is 13.7. The van der Waals surface area contributed by atoms with Crippen molar-refractivity contribution in [1.82, 2.24) is 10.2 Å². The molecule has 1 fully saturated rings. The van der Waals surface area contributed by atoms with Gasteiger partial charge < -0.3 is 10.2 Å². The van der Waals surface area contributed by atoms with Crippen LogP contribution in [0.25, 0.3) is 0 Å². The smallest absolute Gasteiger partial charge is 0.319 e. The van der Waals surface area contributed by atoms with Crippen molar-refractivity contribution >= 4 is 23.5 Å². The number of hydrogen-bond donors (Lipinski definition) is 1. The molecule has 0 radical (unpaired) electrons. The Morgan fingerprint density at radius 1 is 1.10 bits per heavy atom. The number of halogens is 1. The minimum absolute atomic E-state index is 0.357. The van der Waals surface area contributed by atoms with Crippen LogP contribution >= 0.6 is 0 Å². The summed E-state index contributed by atoms with van der Waals surface area (Å²) in [7, 11) is 0. The number of amides is 4. The summed E-state index contributed by atoms with van der Waals surface area (Å²) in [5, 5.41) is 2.83. The van der Waals surface area contributed by atoms with Gasteiger partial charge in [-0.25, -0.2) is 9.18 Å². The number of aryl methyl sites for hydroxylation is 2. The molecule has 2 aliphatic heterocycles. The number of benzene rings is 2. The molecule has 0 saturated carbocycles. The fourth-order valence-electron chi connectivity index (χ4n) is 4.76. The lowest BCUT2D eigenvalue weighted by molar-refractivity contribution is -0.134. The van der Waals surface area contributed by atoms with Crippen LogP contribution in [0.4, 0.5) is 14.9 Å². The Morgan fingerprint density at radius 3 is 2.79 bits per heavy atom. The molecule has 6 nitrogen and oxygen atoms in total. The molecule has 1 unspecified atom stereocenters. The SMILES string of the molecule is O=C1NC2(CCc3ccccc32)C(=O)N1CC(=O)N1CCCc2ccc(F)cc21. The molecule has 1 aliphatic carbocycles. The predicted octanol–water partition coefficient (Wildman–Crippen LogP) is 2.50. The van der Waals surface area contributed by atoms with E-state index in [1.54, 1.807) is 6.07 Å². The van der Waals surface area contributed by atoms with E-state index in [2.05, 4.69) is 5.32 Å². The highest BCUT2D eigenvalue weighted by Crippen LogP contribution is 2.41. The summed E-state index contributed by atoms with van der Waals surface area (Å²) in [6.07, 6.45) is 2.70. The standard InChI is InChI=1S/C22H20FN3O3/c23-16-8-7-15-5-3-11-25(18(15)12-16)19(27)13-26-20(28)22(24-21(26)29)10-9-14-4-1-2-6-17(14)22/h1-2,4,6-8,12H,3,5,9-11,13H2,(H,24,29). The van der Waals surface area contributed by atoms with Crippen LogP contribution in [0.3, 0.4) is 0 Å². The number of nitrogens with zero attached hydrogens (tertiary/aromatic N) is 2. The van der Waals surface area contributed by atoms with Gasteiger partial charge in [0.1, 0.15) is 17.9 Å². The van der Waals surface area contributed by atoms with Crippen LogP contribution in [0.1, 0.15) is 29.5 Å². The number of imide groups is 1. The molecule has 29 heavy (non-hydrogen) atoms. The van der Waals surface area contributed by atoms with E-state index in [0.717, 1.165) is 34.4 Å². The summed E-state index contributed by atoms with van der Waals surface area (Å²) < 4.78 is 13.7. The van der Waals surface area contributed by atoms with Gasteiger partial charge in [-0.05, 0) is 54.5 Å². The minimum atomic E-state index is -1.08. The van der Waals surface area contributed by atoms with Gasteiger partial charge in [-0.15, -0.1) is 0 Å². The Bertz CT molecular complexity index is 1050. The van der Waals surface area contributed by atoms with E-state index in [4.69, 9.17) is 0 Å². The van der Waals surface area contributed by atoms with E-state index >= 15 is 0 Å². The van der Waals surface area contributed by atoms with Crippen molar-refractivity contribution in [2.24, 2.45) is 0 Å². The minimum Gasteiger partial charge on any atom is -0.319 e. The van der Waals surface area contributed by atoms with Gasteiger partial charge >= 0.3 is 6.03 Å². The number of nitrogens with one attached hydrogen (secondary N) is 1. The fraction of sp³-hybridized carbons (Fsp3) is 0.318. The van der Waals surface area contributed by atoms with Crippen molar-refractivity contribution in [3.63, 3.8) is 0 Å². The quantitative estimate of drug-likeness (QED) is 0.797. The molecule has 2 heterocycles. The molecule has 2 aromatic rings. The summed E-state index contributed by atoms with van der Waals surface area (Å²) >= 11 is 0. The van der Waals surface area contributed by atoms with Crippen molar-refractivity contribution < 1.29 is 18.8 Å². The molecule has 0 bridgehead atoms. The van der Waals surface area contributed by atoms with Crippen LogP contribution in [0, 0.1) is 5.82 Å². The third kappa shape index (κ3) is 2.64.